The van der Waals surface area contributed by atoms with Gasteiger partial charge in [0.2, 0.25) is 5.91 Å². The molecule has 1 N–H and O–H groups in total. The molecule has 0 radical (unpaired) electrons. The summed E-state index contributed by atoms with van der Waals surface area (Å²) in [5.74, 6) is 0.690. The van der Waals surface area contributed by atoms with Gasteiger partial charge in [0.1, 0.15) is 11.3 Å². The number of hydrogen-bond acceptors (Lipinski definition) is 3. The van der Waals surface area contributed by atoms with Crippen molar-refractivity contribution in [3.8, 4) is 5.75 Å². The lowest BCUT2D eigenvalue weighted by Crippen LogP contribution is -2.14. The summed E-state index contributed by atoms with van der Waals surface area (Å²) in [6.07, 6.45) is 2.91. The van der Waals surface area contributed by atoms with E-state index in [4.69, 9.17) is 9.15 Å². The minimum absolute atomic E-state index is 0.0697. The Balaban J connectivity index is 1.74. The lowest BCUT2D eigenvalue weighted by atomic mass is 10.1. The number of furan rings is 1. The molecule has 0 saturated heterocycles. The van der Waals surface area contributed by atoms with Crippen molar-refractivity contribution in [3.05, 3.63) is 59.9 Å². The van der Waals surface area contributed by atoms with Crippen LogP contribution in [0.5, 0.6) is 5.75 Å². The number of rotatable bonds is 5. The summed E-state index contributed by atoms with van der Waals surface area (Å²) in [5.41, 5.74) is 3.70. The second-order valence-electron chi connectivity index (χ2n) is 5.40. The van der Waals surface area contributed by atoms with Gasteiger partial charge < -0.3 is 14.5 Å². The summed E-state index contributed by atoms with van der Waals surface area (Å²) in [5, 5.41) is 3.90. The zero-order valence-electron chi connectivity index (χ0n) is 13.3. The monoisotopic (exact) mass is 309 g/mol. The molecule has 0 aliphatic heterocycles. The van der Waals surface area contributed by atoms with Crippen molar-refractivity contribution in [1.82, 2.24) is 0 Å². The highest BCUT2D eigenvalue weighted by atomic mass is 16.5. The summed E-state index contributed by atoms with van der Waals surface area (Å²) < 4.78 is 10.6. The third-order valence-electron chi connectivity index (χ3n) is 3.85. The summed E-state index contributed by atoms with van der Waals surface area (Å²) in [4.78, 5) is 12.2. The molecule has 0 bridgehead atoms. The maximum absolute atomic E-state index is 12.2. The van der Waals surface area contributed by atoms with Crippen molar-refractivity contribution in [3.63, 3.8) is 0 Å². The topological polar surface area (TPSA) is 51.5 Å². The highest BCUT2D eigenvalue weighted by Crippen LogP contribution is 2.24. The summed E-state index contributed by atoms with van der Waals surface area (Å²) in [6, 6.07) is 13.4. The first kappa shape index (κ1) is 15.2. The molecule has 4 nitrogen and oxygen atoms in total. The van der Waals surface area contributed by atoms with Gasteiger partial charge in [-0.1, -0.05) is 13.0 Å². The standard InChI is InChI=1S/C19H19NO3/c1-3-13-4-9-18-17(10-13)14(12-23-18)11-19(21)20-15-5-7-16(22-2)8-6-15/h4-10,12H,3,11H2,1-2H3,(H,20,21). The van der Waals surface area contributed by atoms with Gasteiger partial charge in [-0.25, -0.2) is 0 Å². The van der Waals surface area contributed by atoms with Crippen molar-refractivity contribution in [2.45, 2.75) is 19.8 Å². The van der Waals surface area contributed by atoms with E-state index in [1.165, 1.54) is 5.56 Å². The van der Waals surface area contributed by atoms with Crippen LogP contribution in [-0.2, 0) is 17.6 Å². The van der Waals surface area contributed by atoms with E-state index in [-0.39, 0.29) is 12.3 Å². The molecule has 0 fully saturated rings. The predicted molar refractivity (Wildman–Crippen MR) is 90.9 cm³/mol. The van der Waals surface area contributed by atoms with E-state index in [1.807, 2.05) is 36.4 Å². The maximum Gasteiger partial charge on any atom is 0.228 e. The third kappa shape index (κ3) is 3.37. The Hall–Kier alpha value is -2.75. The van der Waals surface area contributed by atoms with Gasteiger partial charge in [-0.3, -0.25) is 4.79 Å². The number of carbonyl (C=O) groups is 1. The van der Waals surface area contributed by atoms with Gasteiger partial charge in [0.25, 0.3) is 0 Å². The van der Waals surface area contributed by atoms with E-state index in [2.05, 4.69) is 18.3 Å². The van der Waals surface area contributed by atoms with Crippen LogP contribution in [0.25, 0.3) is 11.0 Å². The second-order valence-corrected chi connectivity index (χ2v) is 5.40. The molecule has 0 unspecified atom stereocenters. The number of anilines is 1. The first-order valence-corrected chi connectivity index (χ1v) is 7.62. The van der Waals surface area contributed by atoms with Crippen LogP contribution in [0.15, 0.2) is 53.1 Å². The number of methoxy groups -OCH3 is 1. The Kier molecular flexibility index (Phi) is 4.33. The molecule has 2 aromatic carbocycles. The molecular formula is C19H19NO3. The number of hydrogen-bond donors (Lipinski definition) is 1. The fourth-order valence-corrected chi connectivity index (χ4v) is 2.54. The molecule has 3 rings (SSSR count). The van der Waals surface area contributed by atoms with Crippen LogP contribution in [0.3, 0.4) is 0 Å². The third-order valence-corrected chi connectivity index (χ3v) is 3.85. The molecule has 23 heavy (non-hydrogen) atoms. The molecule has 1 amide bonds. The molecule has 118 valence electrons. The van der Waals surface area contributed by atoms with E-state index in [9.17, 15) is 4.79 Å². The Morgan fingerprint density at radius 2 is 1.96 bits per heavy atom. The lowest BCUT2D eigenvalue weighted by Gasteiger charge is -2.06. The zero-order chi connectivity index (χ0) is 16.2. The average Bonchev–Trinajstić information content (AvgIpc) is 2.97. The number of benzene rings is 2. The van der Waals surface area contributed by atoms with Crippen molar-refractivity contribution in [1.29, 1.82) is 0 Å². The highest BCUT2D eigenvalue weighted by molar-refractivity contribution is 5.95. The molecule has 3 aromatic rings. The molecule has 0 saturated carbocycles. The minimum atomic E-state index is -0.0697. The number of fused-ring (bicyclic) bond motifs is 1. The molecule has 0 spiro atoms. The molecular weight excluding hydrogens is 290 g/mol. The van der Waals surface area contributed by atoms with Gasteiger partial charge in [-0.15, -0.1) is 0 Å². The second kappa shape index (κ2) is 6.57. The number of aryl methyl sites for hydroxylation is 1. The zero-order valence-corrected chi connectivity index (χ0v) is 13.3. The highest BCUT2D eigenvalue weighted by Gasteiger charge is 2.11. The Morgan fingerprint density at radius 1 is 1.17 bits per heavy atom. The van der Waals surface area contributed by atoms with Gasteiger partial charge in [0, 0.05) is 16.6 Å². The number of nitrogens with one attached hydrogen (secondary N) is 1. The summed E-state index contributed by atoms with van der Waals surface area (Å²) in [6.45, 7) is 2.11. The Bertz CT molecular complexity index is 818. The Labute approximate surface area is 135 Å². The predicted octanol–water partition coefficient (Wildman–Crippen LogP) is 4.19. The summed E-state index contributed by atoms with van der Waals surface area (Å²) in [7, 11) is 1.61. The van der Waals surface area contributed by atoms with Crippen LogP contribution >= 0.6 is 0 Å². The van der Waals surface area contributed by atoms with Gasteiger partial charge in [0.05, 0.1) is 19.8 Å². The van der Waals surface area contributed by atoms with Crippen LogP contribution < -0.4 is 10.1 Å². The number of ether oxygens (including phenoxy) is 1. The van der Waals surface area contributed by atoms with Crippen molar-refractivity contribution in [2.24, 2.45) is 0 Å². The number of amides is 1. The van der Waals surface area contributed by atoms with E-state index >= 15 is 0 Å². The van der Waals surface area contributed by atoms with Crippen molar-refractivity contribution >= 4 is 22.6 Å². The van der Waals surface area contributed by atoms with E-state index < -0.39 is 0 Å². The van der Waals surface area contributed by atoms with Gasteiger partial charge in [-0.05, 0) is 48.4 Å². The molecule has 4 heteroatoms. The largest absolute Gasteiger partial charge is 0.497 e. The van der Waals surface area contributed by atoms with Crippen LogP contribution in [-0.4, -0.2) is 13.0 Å². The molecule has 0 aliphatic carbocycles. The first-order valence-electron chi connectivity index (χ1n) is 7.62. The van der Waals surface area contributed by atoms with E-state index in [0.29, 0.717) is 0 Å². The van der Waals surface area contributed by atoms with Crippen LogP contribution in [0, 0.1) is 0 Å². The van der Waals surface area contributed by atoms with Gasteiger partial charge in [0.15, 0.2) is 0 Å². The van der Waals surface area contributed by atoms with E-state index in [0.717, 1.165) is 34.4 Å². The van der Waals surface area contributed by atoms with Crippen molar-refractivity contribution in [2.75, 3.05) is 12.4 Å². The quantitative estimate of drug-likeness (QED) is 0.769. The molecule has 0 aliphatic rings. The van der Waals surface area contributed by atoms with Crippen LogP contribution in [0.4, 0.5) is 5.69 Å². The van der Waals surface area contributed by atoms with Crippen LogP contribution in [0.2, 0.25) is 0 Å². The smallest absolute Gasteiger partial charge is 0.228 e. The molecule has 1 aromatic heterocycles. The fraction of sp³-hybridized carbons (Fsp3) is 0.211. The lowest BCUT2D eigenvalue weighted by molar-refractivity contribution is -0.115. The molecule has 1 heterocycles. The summed E-state index contributed by atoms with van der Waals surface area (Å²) >= 11 is 0. The fourth-order valence-electron chi connectivity index (χ4n) is 2.54. The normalized spacial score (nSPS) is 10.7. The van der Waals surface area contributed by atoms with E-state index in [1.54, 1.807) is 13.4 Å². The molecule has 0 atom stereocenters. The van der Waals surface area contributed by atoms with Crippen LogP contribution in [0.1, 0.15) is 18.1 Å². The minimum Gasteiger partial charge on any atom is -0.497 e. The SMILES string of the molecule is CCc1ccc2occ(CC(=O)Nc3ccc(OC)cc3)c2c1. The van der Waals surface area contributed by atoms with Gasteiger partial charge in [-0.2, -0.15) is 0 Å². The average molecular weight is 309 g/mol. The number of carbonyl (C=O) groups excluding carboxylic acids is 1. The first-order chi connectivity index (χ1) is 11.2. The Morgan fingerprint density at radius 3 is 2.65 bits per heavy atom. The van der Waals surface area contributed by atoms with Gasteiger partial charge >= 0.3 is 0 Å². The van der Waals surface area contributed by atoms with Crippen molar-refractivity contribution < 1.29 is 13.9 Å². The maximum atomic E-state index is 12.2.